The average molecular weight is 522 g/mol. The minimum absolute atomic E-state index is 0.575. The monoisotopic (exact) mass is 519 g/mol. The third-order valence-corrected chi connectivity index (χ3v) is 3.89. The summed E-state index contributed by atoms with van der Waals surface area (Å²) in [7, 11) is 2.02. The molecule has 1 aromatic rings. The van der Waals surface area contributed by atoms with Gasteiger partial charge >= 0.3 is 40.8 Å². The Morgan fingerprint density at radius 1 is 1.23 bits per heavy atom. The van der Waals surface area contributed by atoms with E-state index in [0.29, 0.717) is 20.0 Å². The molecule has 2 heterocycles. The Morgan fingerprint density at radius 2 is 1.95 bits per heavy atom. The summed E-state index contributed by atoms with van der Waals surface area (Å²) in [6, 6.07) is 11.4. The zero-order chi connectivity index (χ0) is 15.8. The van der Waals surface area contributed by atoms with E-state index < -0.39 is 0 Å². The molecular weight excluding hydrogens is 500 g/mol. The van der Waals surface area contributed by atoms with Gasteiger partial charge in [0.1, 0.15) is 0 Å². The maximum atomic E-state index is 3.29. The molecule has 0 aliphatic carbocycles. The summed E-state index contributed by atoms with van der Waals surface area (Å²) >= 11 is 6.80. The first-order valence-electron chi connectivity index (χ1n) is 7.27. The number of rotatable bonds is 4. The van der Waals surface area contributed by atoms with Crippen molar-refractivity contribution in [3.63, 3.8) is 0 Å². The molecule has 3 rings (SSSR count). The Kier molecular flexibility index (Phi) is 8.48. The molecule has 1 atom stereocenters. The number of hydrogen-bond donors (Lipinski definition) is 0. The molecule has 1 saturated heterocycles. The first-order valence-corrected chi connectivity index (χ1v) is 14.4. The van der Waals surface area contributed by atoms with Gasteiger partial charge in [0, 0.05) is 38.6 Å². The molecule has 0 aromatic heterocycles. The van der Waals surface area contributed by atoms with Gasteiger partial charge in [-0.3, -0.25) is 4.90 Å². The summed E-state index contributed by atoms with van der Waals surface area (Å²) in [6.45, 7) is 6.63. The van der Waals surface area contributed by atoms with Gasteiger partial charge in [-0.05, 0) is 24.9 Å². The zero-order valence-corrected chi connectivity index (χ0v) is 17.3. The first-order chi connectivity index (χ1) is 10.7. The summed E-state index contributed by atoms with van der Waals surface area (Å²) in [5.41, 5.74) is 1.41. The molecule has 2 radical (unpaired) electrons. The van der Waals surface area contributed by atoms with Crippen molar-refractivity contribution < 1.29 is 13.9 Å². The van der Waals surface area contributed by atoms with Crippen molar-refractivity contribution in [2.75, 3.05) is 20.1 Å². The third-order valence-electron chi connectivity index (χ3n) is 3.89. The van der Waals surface area contributed by atoms with E-state index in [1.165, 1.54) is 24.9 Å². The van der Waals surface area contributed by atoms with Crippen molar-refractivity contribution in [3.05, 3.63) is 55.0 Å². The Hall–Kier alpha value is 0.142. The van der Waals surface area contributed by atoms with Gasteiger partial charge in [-0.15, -0.1) is 0 Å². The molecule has 1 aromatic carbocycles. The van der Waals surface area contributed by atoms with Crippen molar-refractivity contribution in [1.29, 1.82) is 0 Å². The normalized spacial score (nSPS) is 21.3. The van der Waals surface area contributed by atoms with Crippen LogP contribution in [0.5, 0.6) is 0 Å². The summed E-state index contributed by atoms with van der Waals surface area (Å²) in [5, 5.41) is 0. The van der Waals surface area contributed by atoms with Crippen LogP contribution in [0.4, 0.5) is 0 Å². The van der Waals surface area contributed by atoms with E-state index in [-0.39, 0.29) is 0 Å². The summed E-state index contributed by atoms with van der Waals surface area (Å²) in [6.07, 6.45) is 6.77. The van der Waals surface area contributed by atoms with Crippen molar-refractivity contribution in [3.8, 4) is 0 Å². The predicted molar refractivity (Wildman–Crippen MR) is 94.6 cm³/mol. The molecule has 3 nitrogen and oxygen atoms in total. The number of likely N-dealkylation sites (tertiary alicyclic amines) is 1. The average Bonchev–Trinajstić information content (AvgIpc) is 3.11. The molecule has 0 bridgehead atoms. The van der Waals surface area contributed by atoms with Gasteiger partial charge in [0.15, 0.2) is 0 Å². The van der Waals surface area contributed by atoms with E-state index in [1.807, 2.05) is 11.9 Å². The SMILES string of the molecule is CN1[C]N(CC2CCCN2Cc2ccccc2)C=C1.[Br][Pd][Br]. The van der Waals surface area contributed by atoms with Crippen LogP contribution in [0.1, 0.15) is 18.4 Å². The molecule has 0 N–H and O–H groups in total. The summed E-state index contributed by atoms with van der Waals surface area (Å²) in [5.74, 6) is 0. The molecule has 0 saturated carbocycles. The quantitative estimate of drug-likeness (QED) is 0.554. The van der Waals surface area contributed by atoms with Crippen molar-refractivity contribution >= 4 is 26.9 Å². The summed E-state index contributed by atoms with van der Waals surface area (Å²) < 4.78 is 0. The van der Waals surface area contributed by atoms with Gasteiger partial charge in [-0.1, -0.05) is 30.3 Å². The van der Waals surface area contributed by atoms with Crippen LogP contribution in [0.25, 0.3) is 0 Å². The maximum absolute atomic E-state index is 3.29. The van der Waals surface area contributed by atoms with Gasteiger partial charge in [0.2, 0.25) is 6.67 Å². The van der Waals surface area contributed by atoms with Gasteiger partial charge in [-0.2, -0.15) is 0 Å². The molecule has 0 amide bonds. The molecule has 6 heteroatoms. The number of halogens is 2. The van der Waals surface area contributed by atoms with E-state index in [4.69, 9.17) is 0 Å². The van der Waals surface area contributed by atoms with Gasteiger partial charge in [0.25, 0.3) is 0 Å². The zero-order valence-electron chi connectivity index (χ0n) is 12.6. The fourth-order valence-corrected chi connectivity index (χ4v) is 2.91. The predicted octanol–water partition coefficient (Wildman–Crippen LogP) is 4.05. The van der Waals surface area contributed by atoms with Crippen molar-refractivity contribution in [2.45, 2.75) is 25.4 Å². The second-order valence-electron chi connectivity index (χ2n) is 5.46. The number of nitrogens with zero attached hydrogens (tertiary/aromatic N) is 3. The Bertz CT molecular complexity index is 458. The standard InChI is InChI=1S/C16H21N3.2BrH.Pd/c1-17-10-11-18(14-17)13-16-8-5-9-19(16)12-15-6-3-2-4-7-15;;;/h2-4,6-7,10-11,16H,5,8-9,12-13H2,1H3;2*1H;/q;;;+2/p-2. The van der Waals surface area contributed by atoms with Crippen LogP contribution in [0.15, 0.2) is 42.7 Å². The van der Waals surface area contributed by atoms with Gasteiger partial charge < -0.3 is 9.80 Å². The molecular formula is C16H21Br2N3Pd. The van der Waals surface area contributed by atoms with Crippen LogP contribution in [0.2, 0.25) is 0 Å². The van der Waals surface area contributed by atoms with Crippen LogP contribution in [0.3, 0.4) is 0 Å². The summed E-state index contributed by atoms with van der Waals surface area (Å²) in [4.78, 5) is 6.76. The van der Waals surface area contributed by atoms with Gasteiger partial charge in [0.05, 0.1) is 0 Å². The van der Waals surface area contributed by atoms with Crippen molar-refractivity contribution in [2.24, 2.45) is 0 Å². The number of hydrogen-bond acceptors (Lipinski definition) is 3. The second-order valence-corrected chi connectivity index (χ2v) is 12.6. The van der Waals surface area contributed by atoms with E-state index in [0.717, 1.165) is 13.1 Å². The number of benzene rings is 1. The Morgan fingerprint density at radius 3 is 2.59 bits per heavy atom. The molecule has 2 aliphatic heterocycles. The van der Waals surface area contributed by atoms with Gasteiger partial charge in [-0.25, -0.2) is 0 Å². The molecule has 1 unspecified atom stereocenters. The fourth-order valence-electron chi connectivity index (χ4n) is 2.91. The first kappa shape index (κ1) is 18.5. The van der Waals surface area contributed by atoms with Crippen LogP contribution >= 0.6 is 26.9 Å². The molecule has 0 spiro atoms. The fraction of sp³-hybridized carbons (Fsp3) is 0.438. The van der Waals surface area contributed by atoms with Crippen LogP contribution in [-0.2, 0) is 20.5 Å². The van der Waals surface area contributed by atoms with Crippen LogP contribution in [-0.4, -0.2) is 40.9 Å². The van der Waals surface area contributed by atoms with Crippen molar-refractivity contribution in [1.82, 2.24) is 14.7 Å². The van der Waals surface area contributed by atoms with E-state index in [1.54, 1.807) is 0 Å². The second kappa shape index (κ2) is 10.1. The van der Waals surface area contributed by atoms with Crippen LogP contribution < -0.4 is 0 Å². The minimum atomic E-state index is 0.575. The van der Waals surface area contributed by atoms with E-state index in [9.17, 15) is 0 Å². The molecule has 2 aliphatic rings. The molecule has 1 fully saturated rings. The Balaban J connectivity index is 0.000000545. The van der Waals surface area contributed by atoms with Crippen LogP contribution in [0, 0.1) is 6.67 Å². The topological polar surface area (TPSA) is 9.72 Å². The van der Waals surface area contributed by atoms with E-state index in [2.05, 4.69) is 86.1 Å². The molecule has 124 valence electrons. The third kappa shape index (κ3) is 5.98. The molecule has 22 heavy (non-hydrogen) atoms. The van der Waals surface area contributed by atoms with E-state index >= 15 is 0 Å². The Labute approximate surface area is 155 Å².